The van der Waals surface area contributed by atoms with Crippen LogP contribution in [0.2, 0.25) is 0 Å². The smallest absolute Gasteiger partial charge is 0.191 e. The first-order chi connectivity index (χ1) is 11.3. The Kier molecular flexibility index (Phi) is 5.98. The third-order valence-electron chi connectivity index (χ3n) is 3.77. The maximum atomic E-state index is 13.8. The Bertz CT molecular complexity index is 709. The minimum absolute atomic E-state index is 0.0191. The highest BCUT2D eigenvalue weighted by Crippen LogP contribution is 2.24. The van der Waals surface area contributed by atoms with Crippen LogP contribution in [0.25, 0.3) is 0 Å². The number of hydrogen-bond donors (Lipinski definition) is 2. The molecular weight excluding hydrogens is 338 g/mol. The summed E-state index contributed by atoms with van der Waals surface area (Å²) in [5, 5.41) is 6.13. The van der Waals surface area contributed by atoms with E-state index in [0.717, 1.165) is 12.5 Å². The summed E-state index contributed by atoms with van der Waals surface area (Å²) in [6, 6.07) is 3.60. The second kappa shape index (κ2) is 7.78. The molecule has 0 bridgehead atoms. The molecule has 1 heterocycles. The predicted octanol–water partition coefficient (Wildman–Crippen LogP) is 0.753. The van der Waals surface area contributed by atoms with Gasteiger partial charge >= 0.3 is 0 Å². The van der Waals surface area contributed by atoms with E-state index in [1.54, 1.807) is 7.05 Å². The third kappa shape index (κ3) is 5.33. The molecule has 1 saturated heterocycles. The highest BCUT2D eigenvalue weighted by Gasteiger charge is 2.25. The van der Waals surface area contributed by atoms with Gasteiger partial charge in [0.05, 0.1) is 11.4 Å². The molecule has 24 heavy (non-hydrogen) atoms. The van der Waals surface area contributed by atoms with Crippen LogP contribution in [0.3, 0.4) is 0 Å². The van der Waals surface area contributed by atoms with Crippen LogP contribution in [0.4, 0.5) is 14.5 Å². The molecule has 0 amide bonds. The molecule has 6 nitrogen and oxygen atoms in total. The first-order valence-electron chi connectivity index (χ1n) is 7.63. The molecule has 1 fully saturated rings. The summed E-state index contributed by atoms with van der Waals surface area (Å²) in [7, 11) is -1.43. The Hall–Kier alpha value is -1.90. The summed E-state index contributed by atoms with van der Waals surface area (Å²) in [5.74, 6) is -0.650. The van der Waals surface area contributed by atoms with Crippen molar-refractivity contribution in [3.8, 4) is 0 Å². The molecule has 1 aliphatic rings. The second-order valence-corrected chi connectivity index (χ2v) is 8.06. The van der Waals surface area contributed by atoms with Crippen molar-refractivity contribution >= 4 is 21.5 Å². The van der Waals surface area contributed by atoms with Crippen molar-refractivity contribution in [1.29, 1.82) is 0 Å². The Labute approximate surface area is 140 Å². The van der Waals surface area contributed by atoms with Crippen molar-refractivity contribution < 1.29 is 17.2 Å². The molecule has 2 rings (SSSR count). The van der Waals surface area contributed by atoms with Gasteiger partial charge < -0.3 is 15.5 Å². The normalized spacial score (nSPS) is 18.8. The fourth-order valence-electron chi connectivity index (χ4n) is 2.58. The summed E-state index contributed by atoms with van der Waals surface area (Å²) < 4.78 is 49.1. The molecule has 1 atom stereocenters. The average molecular weight is 360 g/mol. The monoisotopic (exact) mass is 360 g/mol. The number of nitrogens with zero attached hydrogens (tertiary/aromatic N) is 2. The van der Waals surface area contributed by atoms with Crippen molar-refractivity contribution in [3.63, 3.8) is 0 Å². The highest BCUT2D eigenvalue weighted by atomic mass is 32.2. The zero-order chi connectivity index (χ0) is 17.7. The van der Waals surface area contributed by atoms with Crippen molar-refractivity contribution in [2.75, 3.05) is 43.6 Å². The van der Waals surface area contributed by atoms with Crippen LogP contribution in [0.5, 0.6) is 0 Å². The molecule has 0 aliphatic carbocycles. The van der Waals surface area contributed by atoms with Crippen LogP contribution in [0.15, 0.2) is 23.2 Å². The van der Waals surface area contributed by atoms with E-state index < -0.39 is 21.5 Å². The van der Waals surface area contributed by atoms with Crippen LogP contribution in [-0.2, 0) is 9.84 Å². The van der Waals surface area contributed by atoms with E-state index in [-0.39, 0.29) is 18.3 Å². The van der Waals surface area contributed by atoms with Crippen LogP contribution >= 0.6 is 0 Å². The Morgan fingerprint density at radius 2 is 2.17 bits per heavy atom. The number of halogens is 2. The lowest BCUT2D eigenvalue weighted by molar-refractivity contribution is 0.580. The van der Waals surface area contributed by atoms with Gasteiger partial charge in [-0.1, -0.05) is 0 Å². The Morgan fingerprint density at radius 1 is 1.42 bits per heavy atom. The largest absolute Gasteiger partial charge is 0.367 e. The number of guanidine groups is 1. The second-order valence-electron chi connectivity index (χ2n) is 5.80. The van der Waals surface area contributed by atoms with Gasteiger partial charge in [0.15, 0.2) is 5.96 Å². The van der Waals surface area contributed by atoms with Gasteiger partial charge in [0, 0.05) is 45.0 Å². The lowest BCUT2D eigenvalue weighted by Crippen LogP contribution is -2.45. The number of sulfone groups is 1. The molecule has 2 N–H and O–H groups in total. The van der Waals surface area contributed by atoms with E-state index >= 15 is 0 Å². The summed E-state index contributed by atoms with van der Waals surface area (Å²) in [6.45, 7) is 1.46. The van der Waals surface area contributed by atoms with Crippen molar-refractivity contribution in [3.05, 3.63) is 29.8 Å². The molecule has 1 aromatic carbocycles. The van der Waals surface area contributed by atoms with E-state index in [9.17, 15) is 17.2 Å². The quantitative estimate of drug-likeness (QED) is 0.599. The fourth-order valence-corrected chi connectivity index (χ4v) is 3.05. The van der Waals surface area contributed by atoms with Crippen molar-refractivity contribution in [2.24, 2.45) is 4.99 Å². The Balaban J connectivity index is 1.88. The van der Waals surface area contributed by atoms with Gasteiger partial charge in [0.2, 0.25) is 0 Å². The molecular formula is C15H22F2N4O2S. The topological polar surface area (TPSA) is 73.8 Å². The first kappa shape index (κ1) is 18.4. The van der Waals surface area contributed by atoms with Gasteiger partial charge in [0.25, 0.3) is 0 Å². The zero-order valence-corrected chi connectivity index (χ0v) is 14.5. The Morgan fingerprint density at radius 3 is 2.79 bits per heavy atom. The fraction of sp³-hybridized carbons (Fsp3) is 0.533. The van der Waals surface area contributed by atoms with Gasteiger partial charge in [-0.25, -0.2) is 17.2 Å². The summed E-state index contributed by atoms with van der Waals surface area (Å²) in [5.41, 5.74) is 0.376. The molecule has 134 valence electrons. The van der Waals surface area contributed by atoms with E-state index in [1.807, 2.05) is 4.90 Å². The minimum Gasteiger partial charge on any atom is -0.367 e. The van der Waals surface area contributed by atoms with Crippen LogP contribution in [0, 0.1) is 11.6 Å². The summed E-state index contributed by atoms with van der Waals surface area (Å²) >= 11 is 0. The number of anilines is 1. The maximum Gasteiger partial charge on any atom is 0.191 e. The van der Waals surface area contributed by atoms with Gasteiger partial charge in [-0.2, -0.15) is 0 Å². The van der Waals surface area contributed by atoms with E-state index in [4.69, 9.17) is 0 Å². The lowest BCUT2D eigenvalue weighted by atomic mass is 10.2. The lowest BCUT2D eigenvalue weighted by Gasteiger charge is -2.20. The summed E-state index contributed by atoms with van der Waals surface area (Å²) in [6.07, 6.45) is 1.94. The van der Waals surface area contributed by atoms with Crippen LogP contribution in [-0.4, -0.2) is 59.1 Å². The first-order valence-corrected chi connectivity index (χ1v) is 9.69. The number of aliphatic imine (C=N–C) groups is 1. The number of rotatable bonds is 5. The molecule has 1 unspecified atom stereocenters. The van der Waals surface area contributed by atoms with Crippen LogP contribution < -0.4 is 15.5 Å². The van der Waals surface area contributed by atoms with Crippen molar-refractivity contribution in [1.82, 2.24) is 10.6 Å². The van der Waals surface area contributed by atoms with Gasteiger partial charge in [-0.05, 0) is 18.6 Å². The average Bonchev–Trinajstić information content (AvgIpc) is 2.93. The highest BCUT2D eigenvalue weighted by molar-refractivity contribution is 7.90. The van der Waals surface area contributed by atoms with Gasteiger partial charge in [-0.15, -0.1) is 0 Å². The zero-order valence-electron chi connectivity index (χ0n) is 13.7. The number of hydrogen-bond acceptors (Lipinski definition) is 4. The van der Waals surface area contributed by atoms with Crippen LogP contribution in [0.1, 0.15) is 6.42 Å². The standard InChI is InChI=1S/C15H22F2N4O2S/c1-18-15(19-6-8-24(2,22)23)20-12-5-7-21(10-12)14-4-3-11(16)9-13(14)17/h3-4,9,12H,5-8,10H2,1-2H3,(H2,18,19,20). The van der Waals surface area contributed by atoms with E-state index in [1.165, 1.54) is 18.4 Å². The molecule has 0 aromatic heterocycles. The molecule has 0 spiro atoms. The third-order valence-corrected chi connectivity index (χ3v) is 4.71. The maximum absolute atomic E-state index is 13.8. The predicted molar refractivity (Wildman–Crippen MR) is 91.2 cm³/mol. The minimum atomic E-state index is -3.03. The van der Waals surface area contributed by atoms with E-state index in [2.05, 4.69) is 15.6 Å². The molecule has 1 aliphatic heterocycles. The number of benzene rings is 1. The molecule has 0 saturated carbocycles. The van der Waals surface area contributed by atoms with E-state index in [0.29, 0.717) is 24.7 Å². The number of nitrogens with one attached hydrogen (secondary N) is 2. The summed E-state index contributed by atoms with van der Waals surface area (Å²) in [4.78, 5) is 5.90. The molecule has 0 radical (unpaired) electrons. The molecule has 9 heteroatoms. The van der Waals surface area contributed by atoms with Gasteiger partial charge in [0.1, 0.15) is 21.5 Å². The van der Waals surface area contributed by atoms with Crippen molar-refractivity contribution in [2.45, 2.75) is 12.5 Å². The van der Waals surface area contributed by atoms with Gasteiger partial charge in [-0.3, -0.25) is 4.99 Å². The molecule has 1 aromatic rings. The SMILES string of the molecule is CN=C(NCCS(C)(=O)=O)NC1CCN(c2ccc(F)cc2F)C1.